The Hall–Kier alpha value is -1.54. The molecule has 0 aromatic carbocycles. The third-order valence-corrected chi connectivity index (χ3v) is 2.32. The van der Waals surface area contributed by atoms with E-state index in [1.165, 1.54) is 17.9 Å². The van der Waals surface area contributed by atoms with E-state index in [0.717, 1.165) is 4.57 Å². The Balaban J connectivity index is 0.000000357. The highest BCUT2D eigenvalue weighted by Crippen LogP contribution is 2.01. The summed E-state index contributed by atoms with van der Waals surface area (Å²) >= 11 is 3.52. The SMILES string of the molecule is CC(O)S.Cn1c(=O)c2c(ncn2C)n(C)c1=O. The lowest BCUT2D eigenvalue weighted by molar-refractivity contribution is 0.286. The molecule has 2 aromatic rings. The van der Waals surface area contributed by atoms with Gasteiger partial charge in [-0.3, -0.25) is 13.9 Å². The Kier molecular flexibility index (Phi) is 4.36. The van der Waals surface area contributed by atoms with Crippen LogP contribution in [0, 0.1) is 0 Å². The molecule has 18 heavy (non-hydrogen) atoms. The topological polar surface area (TPSA) is 82.1 Å². The number of hydrogen-bond donors (Lipinski definition) is 2. The number of aliphatic hydroxyl groups is 1. The van der Waals surface area contributed by atoms with E-state index < -0.39 is 5.44 Å². The first-order valence-electron chi connectivity index (χ1n) is 5.20. The molecule has 0 aliphatic rings. The van der Waals surface area contributed by atoms with E-state index in [4.69, 9.17) is 5.11 Å². The molecule has 7 nitrogen and oxygen atoms in total. The number of aliphatic hydroxyl groups excluding tert-OH is 1. The van der Waals surface area contributed by atoms with E-state index >= 15 is 0 Å². The summed E-state index contributed by atoms with van der Waals surface area (Å²) in [7, 11) is 4.77. The predicted octanol–water partition coefficient (Wildman–Crippen LogP) is -0.775. The van der Waals surface area contributed by atoms with Gasteiger partial charge in [-0.1, -0.05) is 0 Å². The van der Waals surface area contributed by atoms with Crippen LogP contribution in [0.25, 0.3) is 11.2 Å². The number of fused-ring (bicyclic) bond motifs is 1. The fourth-order valence-corrected chi connectivity index (χ4v) is 1.47. The lowest BCUT2D eigenvalue weighted by Gasteiger charge is -2.02. The highest BCUT2D eigenvalue weighted by atomic mass is 32.1. The van der Waals surface area contributed by atoms with Gasteiger partial charge in [-0.25, -0.2) is 9.78 Å². The summed E-state index contributed by atoms with van der Waals surface area (Å²) < 4.78 is 4.04. The van der Waals surface area contributed by atoms with Crippen LogP contribution >= 0.6 is 12.6 Å². The van der Waals surface area contributed by atoms with Crippen molar-refractivity contribution in [2.45, 2.75) is 12.4 Å². The third kappa shape index (κ3) is 2.65. The van der Waals surface area contributed by atoms with Crippen molar-refractivity contribution in [3.05, 3.63) is 27.2 Å². The van der Waals surface area contributed by atoms with Crippen LogP contribution in [0.5, 0.6) is 0 Å². The Morgan fingerprint density at radius 1 is 1.28 bits per heavy atom. The molecular formula is C10H16N4O3S. The Labute approximate surface area is 109 Å². The molecular weight excluding hydrogens is 256 g/mol. The van der Waals surface area contributed by atoms with Crippen molar-refractivity contribution in [2.24, 2.45) is 21.1 Å². The highest BCUT2D eigenvalue weighted by Gasteiger charge is 2.11. The van der Waals surface area contributed by atoms with E-state index in [1.807, 2.05) is 0 Å². The molecule has 0 amide bonds. The predicted molar refractivity (Wildman–Crippen MR) is 71.9 cm³/mol. The van der Waals surface area contributed by atoms with Crippen molar-refractivity contribution in [1.29, 1.82) is 0 Å². The monoisotopic (exact) mass is 272 g/mol. The van der Waals surface area contributed by atoms with Gasteiger partial charge in [0.25, 0.3) is 5.56 Å². The van der Waals surface area contributed by atoms with Gasteiger partial charge in [0.05, 0.1) is 11.8 Å². The van der Waals surface area contributed by atoms with Crippen molar-refractivity contribution < 1.29 is 5.11 Å². The van der Waals surface area contributed by atoms with Crippen LogP contribution in [0.15, 0.2) is 15.9 Å². The molecule has 1 N–H and O–H groups in total. The maximum atomic E-state index is 11.7. The number of hydrogen-bond acceptors (Lipinski definition) is 5. The largest absolute Gasteiger partial charge is 0.383 e. The molecule has 0 saturated carbocycles. The van der Waals surface area contributed by atoms with Crippen LogP contribution in [0.3, 0.4) is 0 Å². The molecule has 1 atom stereocenters. The highest BCUT2D eigenvalue weighted by molar-refractivity contribution is 7.80. The first-order chi connectivity index (χ1) is 8.27. The smallest absolute Gasteiger partial charge is 0.332 e. The molecule has 1 unspecified atom stereocenters. The lowest BCUT2D eigenvalue weighted by Crippen LogP contribution is -2.37. The summed E-state index contributed by atoms with van der Waals surface area (Å²) in [5, 5.41) is 7.92. The van der Waals surface area contributed by atoms with Crippen LogP contribution in [0.1, 0.15) is 6.92 Å². The van der Waals surface area contributed by atoms with E-state index in [2.05, 4.69) is 17.6 Å². The molecule has 2 heterocycles. The molecule has 0 bridgehead atoms. The Morgan fingerprint density at radius 3 is 2.28 bits per heavy atom. The van der Waals surface area contributed by atoms with Crippen LogP contribution < -0.4 is 11.2 Å². The minimum absolute atomic E-state index is 0.317. The average molecular weight is 272 g/mol. The van der Waals surface area contributed by atoms with Gasteiger partial charge < -0.3 is 9.67 Å². The summed E-state index contributed by atoms with van der Waals surface area (Å²) in [5.41, 5.74) is -0.292. The molecule has 0 aliphatic carbocycles. The van der Waals surface area contributed by atoms with Gasteiger partial charge in [-0.05, 0) is 6.92 Å². The van der Waals surface area contributed by atoms with Gasteiger partial charge >= 0.3 is 5.69 Å². The van der Waals surface area contributed by atoms with Gasteiger partial charge in [-0.15, -0.1) is 12.6 Å². The molecule has 0 fully saturated rings. The van der Waals surface area contributed by atoms with Gasteiger partial charge in [0.15, 0.2) is 11.2 Å². The Morgan fingerprint density at radius 2 is 1.78 bits per heavy atom. The second-order valence-electron chi connectivity index (χ2n) is 3.87. The van der Waals surface area contributed by atoms with Crippen molar-refractivity contribution in [1.82, 2.24) is 18.7 Å². The summed E-state index contributed by atoms with van der Waals surface area (Å²) in [6.07, 6.45) is 1.52. The maximum absolute atomic E-state index is 11.7. The van der Waals surface area contributed by atoms with E-state index in [1.54, 1.807) is 25.6 Å². The number of rotatable bonds is 0. The number of aryl methyl sites for hydroxylation is 2. The zero-order chi connectivity index (χ0) is 14.0. The van der Waals surface area contributed by atoms with Gasteiger partial charge in [0.2, 0.25) is 0 Å². The number of imidazole rings is 1. The summed E-state index contributed by atoms with van der Waals surface area (Å²) in [5.74, 6) is 0. The summed E-state index contributed by atoms with van der Waals surface area (Å²) in [6, 6.07) is 0. The summed E-state index contributed by atoms with van der Waals surface area (Å²) in [6.45, 7) is 1.59. The fourth-order valence-electron chi connectivity index (χ4n) is 1.47. The molecule has 8 heteroatoms. The zero-order valence-electron chi connectivity index (χ0n) is 10.7. The fraction of sp³-hybridized carbons (Fsp3) is 0.500. The van der Waals surface area contributed by atoms with Crippen LogP contribution in [0.2, 0.25) is 0 Å². The van der Waals surface area contributed by atoms with Crippen LogP contribution in [-0.2, 0) is 21.1 Å². The van der Waals surface area contributed by atoms with Crippen molar-refractivity contribution >= 4 is 23.8 Å². The van der Waals surface area contributed by atoms with E-state index in [-0.39, 0.29) is 11.2 Å². The first-order valence-corrected chi connectivity index (χ1v) is 5.72. The second kappa shape index (κ2) is 5.40. The molecule has 0 aliphatic heterocycles. The van der Waals surface area contributed by atoms with E-state index in [9.17, 15) is 9.59 Å². The molecule has 0 spiro atoms. The zero-order valence-corrected chi connectivity index (χ0v) is 11.5. The van der Waals surface area contributed by atoms with Crippen molar-refractivity contribution in [3.63, 3.8) is 0 Å². The van der Waals surface area contributed by atoms with E-state index in [0.29, 0.717) is 11.2 Å². The average Bonchev–Trinajstić information content (AvgIpc) is 2.65. The first kappa shape index (κ1) is 14.5. The van der Waals surface area contributed by atoms with Gasteiger partial charge in [0, 0.05) is 21.1 Å². The van der Waals surface area contributed by atoms with Crippen molar-refractivity contribution in [2.75, 3.05) is 0 Å². The Bertz CT molecular complexity index is 665. The molecule has 100 valence electrons. The normalized spacial score (nSPS) is 12.1. The third-order valence-electron chi connectivity index (χ3n) is 2.32. The maximum Gasteiger partial charge on any atom is 0.332 e. The van der Waals surface area contributed by atoms with Crippen molar-refractivity contribution in [3.8, 4) is 0 Å². The molecule has 2 rings (SSSR count). The quantitative estimate of drug-likeness (QED) is 0.487. The minimum atomic E-state index is -0.472. The van der Waals surface area contributed by atoms with Gasteiger partial charge in [0.1, 0.15) is 0 Å². The minimum Gasteiger partial charge on any atom is -0.383 e. The van der Waals surface area contributed by atoms with Crippen LogP contribution in [-0.4, -0.2) is 29.2 Å². The molecule has 0 saturated heterocycles. The molecule has 0 radical (unpaired) electrons. The van der Waals surface area contributed by atoms with Crippen LogP contribution in [0.4, 0.5) is 0 Å². The van der Waals surface area contributed by atoms with Gasteiger partial charge in [-0.2, -0.15) is 0 Å². The standard InChI is InChI=1S/C8H10N4O2.C2H6OS/c1-10-4-9-6-5(10)7(13)12(3)8(14)11(6)2;1-2(3)4/h4H,1-3H3;2-4H,1H3. The number of thiol groups is 1. The lowest BCUT2D eigenvalue weighted by atomic mass is 10.5. The number of aromatic nitrogens is 4. The summed E-state index contributed by atoms with van der Waals surface area (Å²) in [4.78, 5) is 27.2. The molecule has 2 aromatic heterocycles. The second-order valence-corrected chi connectivity index (χ2v) is 4.61. The number of nitrogens with zero attached hydrogens (tertiary/aromatic N) is 4.